The number of esters is 1. The molecule has 0 aliphatic carbocycles. The maximum atomic E-state index is 11.4. The summed E-state index contributed by atoms with van der Waals surface area (Å²) < 4.78 is 4.90. The van der Waals surface area contributed by atoms with Crippen molar-refractivity contribution in [3.05, 3.63) is 87.9 Å². The van der Waals surface area contributed by atoms with Crippen LogP contribution >= 0.6 is 23.2 Å². The predicted octanol–water partition coefficient (Wildman–Crippen LogP) is 5.93. The lowest BCUT2D eigenvalue weighted by Crippen LogP contribution is -2.01. The predicted molar refractivity (Wildman–Crippen MR) is 100 cm³/mol. The third-order valence-electron chi connectivity index (χ3n) is 3.32. The van der Waals surface area contributed by atoms with Crippen LogP contribution in [0.15, 0.2) is 66.8 Å². The van der Waals surface area contributed by atoms with Gasteiger partial charge in [-0.2, -0.15) is 0 Å². The zero-order chi connectivity index (χ0) is 17.4. The van der Waals surface area contributed by atoms with Crippen molar-refractivity contribution in [3.63, 3.8) is 0 Å². The molecule has 24 heavy (non-hydrogen) atoms. The van der Waals surface area contributed by atoms with E-state index in [4.69, 9.17) is 27.9 Å². The summed E-state index contributed by atoms with van der Waals surface area (Å²) in [7, 11) is 0. The average Bonchev–Trinajstić information content (AvgIpc) is 2.57. The first kappa shape index (κ1) is 18.3. The molecule has 0 fully saturated rings. The van der Waals surface area contributed by atoms with Crippen molar-refractivity contribution < 1.29 is 9.53 Å². The molecular weight excluding hydrogens is 343 g/mol. The van der Waals surface area contributed by atoms with Crippen molar-refractivity contribution in [3.8, 4) is 0 Å². The summed E-state index contributed by atoms with van der Waals surface area (Å²) in [5.74, 6) is -0.251. The summed E-state index contributed by atoms with van der Waals surface area (Å²) in [4.78, 5) is 11.4. The molecular formula is C20H18Cl2O2. The molecule has 0 N–H and O–H groups in total. The van der Waals surface area contributed by atoms with Crippen LogP contribution < -0.4 is 0 Å². The quantitative estimate of drug-likeness (QED) is 0.471. The molecule has 0 saturated carbocycles. The van der Waals surface area contributed by atoms with Gasteiger partial charge in [0.2, 0.25) is 0 Å². The Labute approximate surface area is 152 Å². The molecule has 2 aromatic rings. The number of hydrogen-bond donors (Lipinski definition) is 0. The van der Waals surface area contributed by atoms with E-state index in [1.54, 1.807) is 13.0 Å². The lowest BCUT2D eigenvalue weighted by molar-refractivity contribution is -0.142. The largest absolute Gasteiger partial charge is 0.466 e. The second kappa shape index (κ2) is 9.31. The van der Waals surface area contributed by atoms with Gasteiger partial charge in [0.25, 0.3) is 0 Å². The Hall–Kier alpha value is -2.03. The van der Waals surface area contributed by atoms with Crippen molar-refractivity contribution in [2.75, 3.05) is 6.61 Å². The number of halogens is 2. The van der Waals surface area contributed by atoms with Crippen LogP contribution in [0.4, 0.5) is 0 Å². The van der Waals surface area contributed by atoms with Gasteiger partial charge in [0, 0.05) is 21.2 Å². The van der Waals surface area contributed by atoms with Crippen molar-refractivity contribution >= 4 is 34.7 Å². The van der Waals surface area contributed by atoms with Gasteiger partial charge in [-0.05, 0) is 24.6 Å². The molecule has 4 heteroatoms. The van der Waals surface area contributed by atoms with Crippen LogP contribution in [0.3, 0.4) is 0 Å². The molecule has 124 valence electrons. The molecule has 0 aliphatic heterocycles. The number of allylic oxidation sites excluding steroid dienone is 2. The Morgan fingerprint density at radius 3 is 2.04 bits per heavy atom. The van der Waals surface area contributed by atoms with Gasteiger partial charge in [-0.15, -0.1) is 0 Å². The van der Waals surface area contributed by atoms with Crippen molar-refractivity contribution in [2.24, 2.45) is 0 Å². The lowest BCUT2D eigenvalue weighted by atomic mass is 9.97. The maximum absolute atomic E-state index is 11.4. The number of carbonyl (C=O) groups is 1. The Balaban J connectivity index is 2.36. The van der Waals surface area contributed by atoms with E-state index in [9.17, 15) is 4.79 Å². The highest BCUT2D eigenvalue weighted by Gasteiger charge is 2.10. The van der Waals surface area contributed by atoms with Gasteiger partial charge in [-0.25, -0.2) is 0 Å². The highest BCUT2D eigenvalue weighted by atomic mass is 35.5. The van der Waals surface area contributed by atoms with Crippen LogP contribution in [-0.4, -0.2) is 12.6 Å². The van der Waals surface area contributed by atoms with E-state index < -0.39 is 0 Å². The van der Waals surface area contributed by atoms with E-state index >= 15 is 0 Å². The van der Waals surface area contributed by atoms with E-state index in [1.807, 2.05) is 60.7 Å². The molecule has 2 rings (SSSR count). The van der Waals surface area contributed by atoms with E-state index in [1.165, 1.54) is 0 Å². The average molecular weight is 361 g/mol. The van der Waals surface area contributed by atoms with Crippen LogP contribution in [0, 0.1) is 0 Å². The molecule has 0 aromatic heterocycles. The molecule has 0 spiro atoms. The van der Waals surface area contributed by atoms with Gasteiger partial charge in [0.15, 0.2) is 0 Å². The van der Waals surface area contributed by atoms with Gasteiger partial charge >= 0.3 is 5.97 Å². The zero-order valence-electron chi connectivity index (χ0n) is 13.3. The maximum Gasteiger partial charge on any atom is 0.309 e. The van der Waals surface area contributed by atoms with Crippen molar-refractivity contribution in [2.45, 2.75) is 13.3 Å². The SMILES string of the molecule is CCOC(=O)C/C=C/C=C(c1ccccc1Cl)c1ccccc1Cl. The van der Waals surface area contributed by atoms with E-state index in [0.29, 0.717) is 16.7 Å². The fraction of sp³-hybridized carbons (Fsp3) is 0.150. The molecule has 2 nitrogen and oxygen atoms in total. The fourth-order valence-corrected chi connectivity index (χ4v) is 2.71. The molecule has 0 aliphatic rings. The highest BCUT2D eigenvalue weighted by molar-refractivity contribution is 6.34. The Morgan fingerprint density at radius 1 is 1.00 bits per heavy atom. The lowest BCUT2D eigenvalue weighted by Gasteiger charge is -2.11. The summed E-state index contributed by atoms with van der Waals surface area (Å²) >= 11 is 12.7. The van der Waals surface area contributed by atoms with Crippen LogP contribution in [0.2, 0.25) is 10.0 Å². The van der Waals surface area contributed by atoms with Crippen LogP contribution in [0.25, 0.3) is 5.57 Å². The number of benzene rings is 2. The minimum absolute atomic E-state index is 0.225. The second-order valence-corrected chi connectivity index (χ2v) is 5.79. The Morgan fingerprint density at radius 2 is 1.54 bits per heavy atom. The van der Waals surface area contributed by atoms with Crippen LogP contribution in [0.5, 0.6) is 0 Å². The normalized spacial score (nSPS) is 10.6. The minimum atomic E-state index is -0.251. The number of hydrogen-bond acceptors (Lipinski definition) is 2. The first-order chi connectivity index (χ1) is 11.6. The van der Waals surface area contributed by atoms with Crippen molar-refractivity contribution in [1.29, 1.82) is 0 Å². The standard InChI is InChI=1S/C20H18Cl2O2/c1-2-24-20(23)14-8-5-9-15(16-10-3-6-12-18(16)21)17-11-4-7-13-19(17)22/h3-13H,2,14H2,1H3/b8-5+. The molecule has 2 aromatic carbocycles. The summed E-state index contributed by atoms with van der Waals surface area (Å²) in [5, 5.41) is 1.28. The monoisotopic (exact) mass is 360 g/mol. The smallest absolute Gasteiger partial charge is 0.309 e. The highest BCUT2D eigenvalue weighted by Crippen LogP contribution is 2.33. The fourth-order valence-electron chi connectivity index (χ4n) is 2.23. The van der Waals surface area contributed by atoms with Gasteiger partial charge in [0.05, 0.1) is 13.0 Å². The number of carbonyl (C=O) groups excluding carboxylic acids is 1. The summed E-state index contributed by atoms with van der Waals surface area (Å²) in [6.45, 7) is 2.17. The molecule has 0 atom stereocenters. The number of rotatable bonds is 6. The zero-order valence-corrected chi connectivity index (χ0v) is 14.8. The van der Waals surface area contributed by atoms with Crippen molar-refractivity contribution in [1.82, 2.24) is 0 Å². The Kier molecular flexibility index (Phi) is 7.10. The molecule has 0 heterocycles. The van der Waals surface area contributed by atoms with Gasteiger partial charge in [-0.1, -0.05) is 77.8 Å². The number of ether oxygens (including phenoxy) is 1. The van der Waals surface area contributed by atoms with Gasteiger partial charge < -0.3 is 4.74 Å². The molecule has 0 saturated heterocycles. The second-order valence-electron chi connectivity index (χ2n) is 4.98. The minimum Gasteiger partial charge on any atom is -0.466 e. The van der Waals surface area contributed by atoms with Crippen LogP contribution in [0.1, 0.15) is 24.5 Å². The van der Waals surface area contributed by atoms with Gasteiger partial charge in [0.1, 0.15) is 0 Å². The van der Waals surface area contributed by atoms with Crippen LogP contribution in [-0.2, 0) is 9.53 Å². The first-order valence-electron chi connectivity index (χ1n) is 7.65. The van der Waals surface area contributed by atoms with E-state index in [2.05, 4.69) is 0 Å². The molecule has 0 unspecified atom stereocenters. The molecule has 0 bridgehead atoms. The third-order valence-corrected chi connectivity index (χ3v) is 3.98. The molecule has 0 radical (unpaired) electrons. The summed E-state index contributed by atoms with van der Waals surface area (Å²) in [5.41, 5.74) is 2.66. The summed E-state index contributed by atoms with van der Waals surface area (Å²) in [6.07, 6.45) is 5.70. The van der Waals surface area contributed by atoms with E-state index in [0.717, 1.165) is 16.7 Å². The first-order valence-corrected chi connectivity index (χ1v) is 8.41. The third kappa shape index (κ3) is 4.98. The van der Waals surface area contributed by atoms with E-state index in [-0.39, 0.29) is 12.4 Å². The van der Waals surface area contributed by atoms with Gasteiger partial charge in [-0.3, -0.25) is 4.79 Å². The Bertz CT molecular complexity index is 716. The molecule has 0 amide bonds. The topological polar surface area (TPSA) is 26.3 Å². The summed E-state index contributed by atoms with van der Waals surface area (Å²) in [6, 6.07) is 15.2.